The zero-order valence-electron chi connectivity index (χ0n) is 14.9. The third kappa shape index (κ3) is 3.13. The van der Waals surface area contributed by atoms with E-state index in [0.29, 0.717) is 0 Å². The predicted octanol–water partition coefficient (Wildman–Crippen LogP) is 6.72. The number of hydrogen-bond acceptors (Lipinski definition) is 0. The van der Waals surface area contributed by atoms with Crippen molar-refractivity contribution >= 4 is 5.57 Å². The van der Waals surface area contributed by atoms with Gasteiger partial charge in [-0.05, 0) is 40.4 Å². The van der Waals surface area contributed by atoms with Crippen molar-refractivity contribution in [3.63, 3.8) is 0 Å². The summed E-state index contributed by atoms with van der Waals surface area (Å²) in [5.41, 5.74) is 6.23. The van der Waals surface area contributed by atoms with Gasteiger partial charge in [-0.1, -0.05) is 100 Å². The fraction of sp³-hybridized carbons (Fsp3) is 0.391. The molecule has 0 amide bonds. The molecule has 2 aromatic rings. The summed E-state index contributed by atoms with van der Waals surface area (Å²) < 4.78 is 0. The minimum atomic E-state index is 0.239. The Morgan fingerprint density at radius 3 is 1.43 bits per heavy atom. The Morgan fingerprint density at radius 1 is 0.652 bits per heavy atom. The highest BCUT2D eigenvalue weighted by Gasteiger charge is 2.40. The standard InChI is InChI=1S/C23H28/c1-22(2)16-11-17-23(3,4)21(22)20(18-12-7-5-8-13-18)19-14-9-6-10-15-19/h5-10,12-15H,11,16-17H2,1-4H3. The van der Waals surface area contributed by atoms with Gasteiger partial charge in [0.1, 0.15) is 0 Å². The number of hydrogen-bond donors (Lipinski definition) is 0. The van der Waals surface area contributed by atoms with Crippen molar-refractivity contribution in [2.24, 2.45) is 10.8 Å². The molecule has 0 heterocycles. The van der Waals surface area contributed by atoms with E-state index in [0.717, 1.165) is 0 Å². The van der Waals surface area contributed by atoms with Crippen LogP contribution < -0.4 is 0 Å². The molecule has 0 heteroatoms. The largest absolute Gasteiger partial charge is 0.0622 e. The lowest BCUT2D eigenvalue weighted by Gasteiger charge is -2.46. The van der Waals surface area contributed by atoms with E-state index in [1.54, 1.807) is 5.57 Å². The zero-order chi connectivity index (χ0) is 16.5. The average molecular weight is 304 g/mol. The van der Waals surface area contributed by atoms with E-state index in [4.69, 9.17) is 0 Å². The number of allylic oxidation sites excluding steroid dienone is 1. The summed E-state index contributed by atoms with van der Waals surface area (Å²) in [5, 5.41) is 0. The highest BCUT2D eigenvalue weighted by Crippen LogP contribution is 2.54. The molecular weight excluding hydrogens is 276 g/mol. The van der Waals surface area contributed by atoms with Crippen LogP contribution in [0.2, 0.25) is 0 Å². The third-order valence-electron chi connectivity index (χ3n) is 5.33. The second-order valence-corrected chi connectivity index (χ2v) is 8.10. The Labute approximate surface area is 141 Å². The van der Waals surface area contributed by atoms with E-state index in [2.05, 4.69) is 88.4 Å². The lowest BCUT2D eigenvalue weighted by molar-refractivity contribution is 0.217. The number of rotatable bonds is 2. The van der Waals surface area contributed by atoms with Crippen molar-refractivity contribution in [3.8, 4) is 0 Å². The van der Waals surface area contributed by atoms with Gasteiger partial charge in [-0.2, -0.15) is 0 Å². The smallest absolute Gasteiger partial charge is 0.0109 e. The second-order valence-electron chi connectivity index (χ2n) is 8.10. The van der Waals surface area contributed by atoms with Crippen LogP contribution >= 0.6 is 0 Å². The van der Waals surface area contributed by atoms with Gasteiger partial charge in [0.2, 0.25) is 0 Å². The first-order chi connectivity index (χ1) is 10.9. The Kier molecular flexibility index (Phi) is 4.19. The molecule has 0 spiro atoms. The first-order valence-corrected chi connectivity index (χ1v) is 8.78. The molecule has 1 saturated carbocycles. The van der Waals surface area contributed by atoms with Crippen LogP contribution in [0.1, 0.15) is 58.1 Å². The minimum Gasteiger partial charge on any atom is -0.0622 e. The van der Waals surface area contributed by atoms with Gasteiger partial charge >= 0.3 is 0 Å². The normalized spacial score (nSPS) is 19.4. The van der Waals surface area contributed by atoms with E-state index in [9.17, 15) is 0 Å². The highest BCUT2D eigenvalue weighted by atomic mass is 14.4. The summed E-state index contributed by atoms with van der Waals surface area (Å²) >= 11 is 0. The molecule has 1 aliphatic rings. The van der Waals surface area contributed by atoms with Crippen LogP contribution in [0.25, 0.3) is 5.57 Å². The summed E-state index contributed by atoms with van der Waals surface area (Å²) in [6.45, 7) is 9.70. The van der Waals surface area contributed by atoms with E-state index < -0.39 is 0 Å². The fourth-order valence-electron chi connectivity index (χ4n) is 4.48. The van der Waals surface area contributed by atoms with Gasteiger partial charge in [0.15, 0.2) is 0 Å². The average Bonchev–Trinajstić information content (AvgIpc) is 2.52. The maximum atomic E-state index is 2.43. The van der Waals surface area contributed by atoms with Crippen molar-refractivity contribution in [1.29, 1.82) is 0 Å². The summed E-state index contributed by atoms with van der Waals surface area (Å²) in [4.78, 5) is 0. The first-order valence-electron chi connectivity index (χ1n) is 8.78. The van der Waals surface area contributed by atoms with Crippen molar-refractivity contribution < 1.29 is 0 Å². The van der Waals surface area contributed by atoms with Gasteiger partial charge in [0.25, 0.3) is 0 Å². The Hall–Kier alpha value is -1.82. The van der Waals surface area contributed by atoms with Crippen molar-refractivity contribution in [2.75, 3.05) is 0 Å². The van der Waals surface area contributed by atoms with Crippen LogP contribution in [0.4, 0.5) is 0 Å². The maximum absolute atomic E-state index is 2.43. The molecule has 23 heavy (non-hydrogen) atoms. The molecule has 0 N–H and O–H groups in total. The van der Waals surface area contributed by atoms with Gasteiger partial charge in [0, 0.05) is 0 Å². The monoisotopic (exact) mass is 304 g/mol. The Bertz CT molecular complexity index is 628. The van der Waals surface area contributed by atoms with Gasteiger partial charge < -0.3 is 0 Å². The molecule has 0 bridgehead atoms. The zero-order valence-corrected chi connectivity index (χ0v) is 14.9. The molecule has 0 aromatic heterocycles. The van der Waals surface area contributed by atoms with Crippen LogP contribution in [0.5, 0.6) is 0 Å². The SMILES string of the molecule is CC1(C)CCCC(C)(C)C1=C(c1ccccc1)c1ccccc1. The molecule has 0 aliphatic heterocycles. The first kappa shape index (κ1) is 16.1. The van der Waals surface area contributed by atoms with Crippen LogP contribution in [0.15, 0.2) is 66.2 Å². The molecular formula is C23H28. The topological polar surface area (TPSA) is 0 Å². The summed E-state index contributed by atoms with van der Waals surface area (Å²) in [6, 6.07) is 21.9. The molecule has 1 aliphatic carbocycles. The highest BCUT2D eigenvalue weighted by molar-refractivity contribution is 5.83. The van der Waals surface area contributed by atoms with E-state index in [1.807, 2.05) is 0 Å². The molecule has 0 radical (unpaired) electrons. The fourth-order valence-corrected chi connectivity index (χ4v) is 4.48. The van der Waals surface area contributed by atoms with Crippen molar-refractivity contribution in [1.82, 2.24) is 0 Å². The quantitative estimate of drug-likeness (QED) is 0.577. The maximum Gasteiger partial charge on any atom is -0.0109 e. The summed E-state index contributed by atoms with van der Waals surface area (Å²) in [7, 11) is 0. The third-order valence-corrected chi connectivity index (χ3v) is 5.33. The van der Waals surface area contributed by atoms with Crippen molar-refractivity contribution in [2.45, 2.75) is 47.0 Å². The summed E-state index contributed by atoms with van der Waals surface area (Å²) in [5.74, 6) is 0. The molecule has 0 unspecified atom stereocenters. The minimum absolute atomic E-state index is 0.239. The summed E-state index contributed by atoms with van der Waals surface area (Å²) in [6.07, 6.45) is 3.87. The Morgan fingerprint density at radius 2 is 1.04 bits per heavy atom. The molecule has 1 fully saturated rings. The van der Waals surface area contributed by atoms with Gasteiger partial charge in [-0.15, -0.1) is 0 Å². The molecule has 2 aromatic carbocycles. The van der Waals surface area contributed by atoms with Gasteiger partial charge in [0.05, 0.1) is 0 Å². The lowest BCUT2D eigenvalue weighted by Crippen LogP contribution is -2.33. The molecule has 120 valence electrons. The van der Waals surface area contributed by atoms with Gasteiger partial charge in [-0.3, -0.25) is 0 Å². The number of benzene rings is 2. The van der Waals surface area contributed by atoms with Crippen molar-refractivity contribution in [3.05, 3.63) is 77.4 Å². The Balaban J connectivity index is 2.33. The predicted molar refractivity (Wildman–Crippen MR) is 100 cm³/mol. The molecule has 3 rings (SSSR count). The van der Waals surface area contributed by atoms with Crippen LogP contribution in [-0.4, -0.2) is 0 Å². The van der Waals surface area contributed by atoms with E-state index in [-0.39, 0.29) is 10.8 Å². The lowest BCUT2D eigenvalue weighted by atomic mass is 9.59. The van der Waals surface area contributed by atoms with Crippen LogP contribution in [0, 0.1) is 10.8 Å². The second kappa shape index (κ2) is 6.00. The van der Waals surface area contributed by atoms with Crippen LogP contribution in [-0.2, 0) is 0 Å². The van der Waals surface area contributed by atoms with E-state index >= 15 is 0 Å². The van der Waals surface area contributed by atoms with Crippen LogP contribution in [0.3, 0.4) is 0 Å². The molecule has 0 atom stereocenters. The van der Waals surface area contributed by atoms with Gasteiger partial charge in [-0.25, -0.2) is 0 Å². The van der Waals surface area contributed by atoms with E-state index in [1.165, 1.54) is 36.0 Å². The molecule has 0 nitrogen and oxygen atoms in total. The molecule has 0 saturated heterocycles.